The zero-order valence-corrected chi connectivity index (χ0v) is 13.0. The Labute approximate surface area is 133 Å². The van der Waals surface area contributed by atoms with Gasteiger partial charge >= 0.3 is 5.97 Å². The fourth-order valence-electron chi connectivity index (χ4n) is 2.95. The number of carbonyl (C=O) groups excluding carboxylic acids is 1. The van der Waals surface area contributed by atoms with Crippen LogP contribution in [0.5, 0.6) is 0 Å². The van der Waals surface area contributed by atoms with Crippen molar-refractivity contribution in [2.24, 2.45) is 0 Å². The van der Waals surface area contributed by atoms with E-state index >= 15 is 0 Å². The van der Waals surface area contributed by atoms with Crippen LogP contribution in [-0.4, -0.2) is 12.1 Å². The quantitative estimate of drug-likeness (QED) is 0.755. The average Bonchev–Trinajstić information content (AvgIpc) is 2.76. The fraction of sp³-hybridized carbons (Fsp3) is 0.235. The summed E-state index contributed by atoms with van der Waals surface area (Å²) in [5.74, 6) is -0.223. The van der Waals surface area contributed by atoms with E-state index in [4.69, 9.17) is 27.9 Å². The van der Waals surface area contributed by atoms with E-state index in [2.05, 4.69) is 0 Å². The largest absolute Gasteiger partial charge is 0.462 e. The van der Waals surface area contributed by atoms with E-state index in [1.807, 2.05) is 31.2 Å². The molecule has 1 heterocycles. The highest BCUT2D eigenvalue weighted by Gasteiger charge is 2.50. The smallest absolute Gasteiger partial charge is 0.321 e. The number of hydrogen-bond donors (Lipinski definition) is 0. The van der Waals surface area contributed by atoms with Gasteiger partial charge in [-0.2, -0.15) is 0 Å². The van der Waals surface area contributed by atoms with Crippen LogP contribution in [0.2, 0.25) is 10.0 Å². The first kappa shape index (κ1) is 14.4. The van der Waals surface area contributed by atoms with Crippen LogP contribution in [0.15, 0.2) is 48.5 Å². The Morgan fingerprint density at radius 1 is 0.952 bits per heavy atom. The maximum atomic E-state index is 12.6. The first-order chi connectivity index (χ1) is 10.0. The summed E-state index contributed by atoms with van der Waals surface area (Å²) in [5.41, 5.74) is 1.00. The van der Waals surface area contributed by atoms with Gasteiger partial charge in [-0.3, -0.25) is 4.79 Å². The van der Waals surface area contributed by atoms with E-state index in [9.17, 15) is 4.79 Å². The van der Waals surface area contributed by atoms with Gasteiger partial charge in [-0.25, -0.2) is 0 Å². The molecule has 0 radical (unpaired) electrons. The highest BCUT2D eigenvalue weighted by atomic mass is 35.5. The van der Waals surface area contributed by atoms with Gasteiger partial charge in [0.15, 0.2) is 0 Å². The van der Waals surface area contributed by atoms with Gasteiger partial charge in [0.1, 0.15) is 11.5 Å². The Bertz CT molecular complexity index is 617. The first-order valence-electron chi connectivity index (χ1n) is 6.75. The Balaban J connectivity index is 2.18. The van der Waals surface area contributed by atoms with Crippen molar-refractivity contribution in [3.63, 3.8) is 0 Å². The number of halogens is 2. The van der Waals surface area contributed by atoms with Crippen LogP contribution in [0.4, 0.5) is 0 Å². The van der Waals surface area contributed by atoms with E-state index in [-0.39, 0.29) is 12.1 Å². The number of cyclic esters (lactones) is 1. The molecule has 2 aromatic carbocycles. The zero-order valence-electron chi connectivity index (χ0n) is 11.5. The van der Waals surface area contributed by atoms with E-state index in [0.29, 0.717) is 16.5 Å². The molecule has 1 aliphatic rings. The summed E-state index contributed by atoms with van der Waals surface area (Å²) in [6.45, 7) is 1.91. The molecule has 0 aromatic heterocycles. The lowest BCUT2D eigenvalue weighted by molar-refractivity contribution is -0.144. The van der Waals surface area contributed by atoms with E-state index in [0.717, 1.165) is 11.1 Å². The predicted octanol–water partition coefficient (Wildman–Crippen LogP) is 4.61. The molecule has 0 N–H and O–H groups in total. The molecular formula is C17H14Cl2O2. The summed E-state index contributed by atoms with van der Waals surface area (Å²) in [7, 11) is 0. The van der Waals surface area contributed by atoms with Gasteiger partial charge in [-0.1, -0.05) is 47.5 Å². The molecular weight excluding hydrogens is 307 g/mol. The molecule has 108 valence electrons. The van der Waals surface area contributed by atoms with Crippen LogP contribution in [0.1, 0.15) is 24.5 Å². The minimum atomic E-state index is -0.783. The normalized spacial score (nSPS) is 20.3. The molecule has 1 fully saturated rings. The van der Waals surface area contributed by atoms with Crippen LogP contribution >= 0.6 is 23.2 Å². The van der Waals surface area contributed by atoms with Crippen molar-refractivity contribution in [1.82, 2.24) is 0 Å². The molecule has 0 amide bonds. The summed E-state index contributed by atoms with van der Waals surface area (Å²) in [6, 6.07) is 14.7. The van der Waals surface area contributed by atoms with Crippen LogP contribution in [0.25, 0.3) is 0 Å². The zero-order chi connectivity index (χ0) is 15.0. The third kappa shape index (κ3) is 2.43. The van der Waals surface area contributed by atoms with Crippen LogP contribution in [0, 0.1) is 0 Å². The summed E-state index contributed by atoms with van der Waals surface area (Å²) in [5, 5.41) is 1.29. The second kappa shape index (κ2) is 5.36. The van der Waals surface area contributed by atoms with Crippen LogP contribution in [-0.2, 0) is 14.9 Å². The van der Waals surface area contributed by atoms with Gasteiger partial charge in [-0.05, 0) is 42.3 Å². The Morgan fingerprint density at radius 2 is 1.38 bits per heavy atom. The van der Waals surface area contributed by atoms with Crippen molar-refractivity contribution in [3.05, 3.63) is 69.7 Å². The summed E-state index contributed by atoms with van der Waals surface area (Å²) in [6.07, 6.45) is 0.485. The molecule has 2 aromatic rings. The van der Waals surface area contributed by atoms with Crippen molar-refractivity contribution >= 4 is 29.2 Å². The lowest BCUT2D eigenvalue weighted by Crippen LogP contribution is -2.33. The maximum Gasteiger partial charge on any atom is 0.321 e. The van der Waals surface area contributed by atoms with Gasteiger partial charge in [0, 0.05) is 16.5 Å². The fourth-order valence-corrected chi connectivity index (χ4v) is 3.20. The second-order valence-electron chi connectivity index (χ2n) is 5.34. The van der Waals surface area contributed by atoms with Crippen molar-refractivity contribution in [1.29, 1.82) is 0 Å². The van der Waals surface area contributed by atoms with Crippen molar-refractivity contribution in [2.75, 3.05) is 0 Å². The third-order valence-corrected chi connectivity index (χ3v) is 4.43. The first-order valence-corrected chi connectivity index (χ1v) is 7.51. The van der Waals surface area contributed by atoms with Gasteiger partial charge in [0.25, 0.3) is 0 Å². The highest BCUT2D eigenvalue weighted by Crippen LogP contribution is 2.43. The van der Waals surface area contributed by atoms with Crippen molar-refractivity contribution < 1.29 is 9.53 Å². The standard InChI is InChI=1S/C17H14Cl2O2/c1-11-10-17(16(20)21-11,12-2-6-14(18)7-3-12)13-4-8-15(19)9-5-13/h2-9,11H,10H2,1H3. The van der Waals surface area contributed by atoms with Crippen LogP contribution in [0.3, 0.4) is 0 Å². The molecule has 1 unspecified atom stereocenters. The number of esters is 1. The van der Waals surface area contributed by atoms with E-state index in [1.54, 1.807) is 24.3 Å². The number of carbonyl (C=O) groups is 1. The lowest BCUT2D eigenvalue weighted by atomic mass is 9.72. The Morgan fingerprint density at radius 3 is 1.71 bits per heavy atom. The monoisotopic (exact) mass is 320 g/mol. The molecule has 0 saturated carbocycles. The second-order valence-corrected chi connectivity index (χ2v) is 6.21. The number of hydrogen-bond acceptors (Lipinski definition) is 2. The molecule has 0 bridgehead atoms. The third-order valence-electron chi connectivity index (χ3n) is 3.92. The molecule has 2 nitrogen and oxygen atoms in total. The summed E-state index contributed by atoms with van der Waals surface area (Å²) >= 11 is 11.9. The molecule has 0 aliphatic carbocycles. The summed E-state index contributed by atoms with van der Waals surface area (Å²) < 4.78 is 5.44. The maximum absolute atomic E-state index is 12.6. The average molecular weight is 321 g/mol. The van der Waals surface area contributed by atoms with E-state index < -0.39 is 5.41 Å². The van der Waals surface area contributed by atoms with Crippen molar-refractivity contribution in [2.45, 2.75) is 24.9 Å². The minimum Gasteiger partial charge on any atom is -0.462 e. The van der Waals surface area contributed by atoms with Gasteiger partial charge < -0.3 is 4.74 Å². The molecule has 1 saturated heterocycles. The number of benzene rings is 2. The molecule has 1 aliphatic heterocycles. The Kier molecular flexibility index (Phi) is 3.68. The molecule has 1 atom stereocenters. The molecule has 4 heteroatoms. The van der Waals surface area contributed by atoms with Gasteiger partial charge in [-0.15, -0.1) is 0 Å². The minimum absolute atomic E-state index is 0.121. The van der Waals surface area contributed by atoms with Crippen molar-refractivity contribution in [3.8, 4) is 0 Å². The topological polar surface area (TPSA) is 26.3 Å². The van der Waals surface area contributed by atoms with Gasteiger partial charge in [0.2, 0.25) is 0 Å². The lowest BCUT2D eigenvalue weighted by Gasteiger charge is -2.26. The number of ether oxygens (including phenoxy) is 1. The summed E-state index contributed by atoms with van der Waals surface area (Å²) in [4.78, 5) is 12.6. The number of rotatable bonds is 2. The van der Waals surface area contributed by atoms with Crippen LogP contribution < -0.4 is 0 Å². The highest BCUT2D eigenvalue weighted by molar-refractivity contribution is 6.30. The predicted molar refractivity (Wildman–Crippen MR) is 83.9 cm³/mol. The Hall–Kier alpha value is -1.51. The molecule has 0 spiro atoms. The molecule has 3 rings (SSSR count). The SMILES string of the molecule is CC1CC(c2ccc(Cl)cc2)(c2ccc(Cl)cc2)C(=O)O1. The van der Waals surface area contributed by atoms with E-state index in [1.165, 1.54) is 0 Å². The van der Waals surface area contributed by atoms with Gasteiger partial charge in [0.05, 0.1) is 0 Å². The molecule has 21 heavy (non-hydrogen) atoms.